The fourth-order valence-electron chi connectivity index (χ4n) is 2.34. The minimum atomic E-state index is -0.0137. The average molecular weight is 350 g/mol. The van der Waals surface area contributed by atoms with E-state index < -0.39 is 0 Å². The second-order valence-electron chi connectivity index (χ2n) is 5.07. The Morgan fingerprint density at radius 3 is 3.19 bits per heavy atom. The minimum Gasteiger partial charge on any atom is -0.316 e. The molecule has 2 N–H and O–H groups in total. The van der Waals surface area contributed by atoms with Gasteiger partial charge in [0.1, 0.15) is 6.33 Å². The van der Waals surface area contributed by atoms with Crippen LogP contribution in [0.15, 0.2) is 35.1 Å². The van der Waals surface area contributed by atoms with Gasteiger partial charge in [0.15, 0.2) is 0 Å². The number of carbonyl (C=O) groups excluding carboxylic acids is 1. The number of halogens is 1. The van der Waals surface area contributed by atoms with Crippen molar-refractivity contribution in [3.05, 3.63) is 40.6 Å². The summed E-state index contributed by atoms with van der Waals surface area (Å²) >= 11 is 3.44. The van der Waals surface area contributed by atoms with E-state index >= 15 is 0 Å². The quantitative estimate of drug-likeness (QED) is 0.879. The van der Waals surface area contributed by atoms with E-state index in [0.717, 1.165) is 29.5 Å². The van der Waals surface area contributed by atoms with E-state index in [4.69, 9.17) is 0 Å². The van der Waals surface area contributed by atoms with Crippen molar-refractivity contribution >= 4 is 27.8 Å². The maximum Gasteiger partial charge on any atom is 0.248 e. The summed E-state index contributed by atoms with van der Waals surface area (Å²) in [5.41, 5.74) is 1.12. The van der Waals surface area contributed by atoms with Crippen molar-refractivity contribution in [2.75, 3.05) is 18.4 Å². The molecule has 1 aliphatic heterocycles. The molecule has 2 aromatic rings. The van der Waals surface area contributed by atoms with E-state index in [1.165, 1.54) is 0 Å². The summed E-state index contributed by atoms with van der Waals surface area (Å²) in [6.45, 7) is 2.24. The monoisotopic (exact) mass is 349 g/mol. The number of hydrogen-bond acceptors (Lipinski definition) is 4. The molecule has 0 radical (unpaired) electrons. The summed E-state index contributed by atoms with van der Waals surface area (Å²) in [5.74, 6) is 0.365. The third kappa shape index (κ3) is 3.68. The molecule has 1 amide bonds. The number of rotatable bonds is 4. The number of amides is 1. The lowest BCUT2D eigenvalue weighted by atomic mass is 10.1. The molecule has 7 heteroatoms. The molecule has 3 rings (SSSR count). The molecule has 6 nitrogen and oxygen atoms in total. The number of benzene rings is 1. The van der Waals surface area contributed by atoms with Gasteiger partial charge in [0.05, 0.1) is 12.5 Å². The van der Waals surface area contributed by atoms with Crippen LogP contribution in [0.4, 0.5) is 5.95 Å². The highest BCUT2D eigenvalue weighted by Gasteiger charge is 2.23. The van der Waals surface area contributed by atoms with Crippen molar-refractivity contribution in [2.24, 2.45) is 5.92 Å². The Bertz CT molecular complexity index is 636. The average Bonchev–Trinajstić information content (AvgIpc) is 3.10. The predicted molar refractivity (Wildman–Crippen MR) is 82.9 cm³/mol. The Morgan fingerprint density at radius 2 is 2.43 bits per heavy atom. The van der Waals surface area contributed by atoms with Crippen LogP contribution in [0.5, 0.6) is 0 Å². The molecule has 1 atom stereocenters. The lowest BCUT2D eigenvalue weighted by Gasteiger charge is -2.06. The maximum absolute atomic E-state index is 12.0. The molecule has 1 aliphatic rings. The minimum absolute atomic E-state index is 0.0137. The summed E-state index contributed by atoms with van der Waals surface area (Å²) in [7, 11) is 0. The predicted octanol–water partition coefficient (Wildman–Crippen LogP) is 1.64. The summed E-state index contributed by atoms with van der Waals surface area (Å²) in [4.78, 5) is 16.1. The van der Waals surface area contributed by atoms with E-state index in [0.29, 0.717) is 12.5 Å². The van der Waals surface area contributed by atoms with E-state index in [2.05, 4.69) is 36.6 Å². The molecule has 1 aromatic carbocycles. The van der Waals surface area contributed by atoms with Crippen molar-refractivity contribution in [1.29, 1.82) is 0 Å². The lowest BCUT2D eigenvalue weighted by molar-refractivity contribution is -0.119. The fourth-order valence-corrected chi connectivity index (χ4v) is 2.79. The molecule has 1 fully saturated rings. The van der Waals surface area contributed by atoms with Crippen LogP contribution >= 0.6 is 15.9 Å². The largest absolute Gasteiger partial charge is 0.316 e. The number of anilines is 1. The first-order valence-electron chi connectivity index (χ1n) is 6.86. The number of nitrogens with one attached hydrogen (secondary N) is 2. The molecule has 1 aromatic heterocycles. The van der Waals surface area contributed by atoms with Gasteiger partial charge in [-0.15, -0.1) is 5.10 Å². The highest BCUT2D eigenvalue weighted by Crippen LogP contribution is 2.13. The van der Waals surface area contributed by atoms with Crippen LogP contribution in [0.2, 0.25) is 0 Å². The Labute approximate surface area is 131 Å². The second-order valence-corrected chi connectivity index (χ2v) is 5.99. The standard InChI is InChI=1S/C14H16BrN5O/c15-12-3-1-2-10(6-12)8-20-9-17-14(19-20)18-13(21)11-4-5-16-7-11/h1-3,6,9,11,16H,4-5,7-8H2,(H,18,19,21). The molecule has 0 spiro atoms. The normalized spacial score (nSPS) is 17.9. The number of carbonyl (C=O) groups is 1. The molecule has 110 valence electrons. The van der Waals surface area contributed by atoms with Crippen LogP contribution in [-0.2, 0) is 11.3 Å². The molecule has 0 aliphatic carbocycles. The van der Waals surface area contributed by atoms with Crippen molar-refractivity contribution in [2.45, 2.75) is 13.0 Å². The highest BCUT2D eigenvalue weighted by molar-refractivity contribution is 9.10. The molecule has 2 heterocycles. The van der Waals surface area contributed by atoms with Crippen molar-refractivity contribution < 1.29 is 4.79 Å². The second kappa shape index (κ2) is 6.36. The van der Waals surface area contributed by atoms with Crippen LogP contribution < -0.4 is 10.6 Å². The zero-order valence-corrected chi connectivity index (χ0v) is 13.0. The number of hydrogen-bond donors (Lipinski definition) is 2. The van der Waals surface area contributed by atoms with Gasteiger partial charge in [-0.3, -0.25) is 10.1 Å². The van der Waals surface area contributed by atoms with Crippen LogP contribution in [-0.4, -0.2) is 33.8 Å². The lowest BCUT2D eigenvalue weighted by Crippen LogP contribution is -2.25. The van der Waals surface area contributed by atoms with E-state index in [9.17, 15) is 4.79 Å². The van der Waals surface area contributed by atoms with Gasteiger partial charge >= 0.3 is 0 Å². The highest BCUT2D eigenvalue weighted by atomic mass is 79.9. The zero-order valence-electron chi connectivity index (χ0n) is 11.4. The van der Waals surface area contributed by atoms with Crippen LogP contribution in [0.3, 0.4) is 0 Å². The molecule has 1 unspecified atom stereocenters. The maximum atomic E-state index is 12.0. The molecule has 21 heavy (non-hydrogen) atoms. The fraction of sp³-hybridized carbons (Fsp3) is 0.357. The van der Waals surface area contributed by atoms with Gasteiger partial charge in [-0.2, -0.15) is 0 Å². The summed E-state index contributed by atoms with van der Waals surface area (Å²) in [5, 5.41) is 10.2. The Balaban J connectivity index is 1.62. The number of aromatic nitrogens is 3. The van der Waals surface area contributed by atoms with Crippen LogP contribution in [0.1, 0.15) is 12.0 Å². The van der Waals surface area contributed by atoms with Gasteiger partial charge in [0.2, 0.25) is 11.9 Å². The van der Waals surface area contributed by atoms with Gasteiger partial charge in [-0.1, -0.05) is 28.1 Å². The van der Waals surface area contributed by atoms with E-state index in [1.807, 2.05) is 24.3 Å². The summed E-state index contributed by atoms with van der Waals surface area (Å²) in [6.07, 6.45) is 2.49. The van der Waals surface area contributed by atoms with Gasteiger partial charge < -0.3 is 5.32 Å². The first-order valence-corrected chi connectivity index (χ1v) is 7.65. The van der Waals surface area contributed by atoms with E-state index in [1.54, 1.807) is 11.0 Å². The molecule has 1 saturated heterocycles. The van der Waals surface area contributed by atoms with Gasteiger partial charge in [0.25, 0.3) is 0 Å². The third-order valence-corrected chi connectivity index (χ3v) is 3.93. The smallest absolute Gasteiger partial charge is 0.248 e. The van der Waals surface area contributed by atoms with Crippen LogP contribution in [0, 0.1) is 5.92 Å². The summed E-state index contributed by atoms with van der Waals surface area (Å²) < 4.78 is 2.74. The molecular formula is C14H16BrN5O. The Hall–Kier alpha value is -1.73. The van der Waals surface area contributed by atoms with Gasteiger partial charge in [-0.25, -0.2) is 9.67 Å². The van der Waals surface area contributed by atoms with Crippen molar-refractivity contribution in [3.8, 4) is 0 Å². The Morgan fingerprint density at radius 1 is 1.52 bits per heavy atom. The summed E-state index contributed by atoms with van der Waals surface area (Å²) in [6, 6.07) is 8.01. The van der Waals surface area contributed by atoms with Gasteiger partial charge in [-0.05, 0) is 30.7 Å². The third-order valence-electron chi connectivity index (χ3n) is 3.44. The number of nitrogens with zero attached hydrogens (tertiary/aromatic N) is 3. The zero-order chi connectivity index (χ0) is 14.7. The molecule has 0 bridgehead atoms. The van der Waals surface area contributed by atoms with Gasteiger partial charge in [0, 0.05) is 11.0 Å². The van der Waals surface area contributed by atoms with Crippen molar-refractivity contribution in [1.82, 2.24) is 20.1 Å². The first-order chi connectivity index (χ1) is 10.2. The topological polar surface area (TPSA) is 71.8 Å². The van der Waals surface area contributed by atoms with Crippen LogP contribution in [0.25, 0.3) is 0 Å². The van der Waals surface area contributed by atoms with Crippen molar-refractivity contribution in [3.63, 3.8) is 0 Å². The SMILES string of the molecule is O=C(Nc1ncn(Cc2cccc(Br)c2)n1)C1CCNC1. The Kier molecular flexibility index (Phi) is 4.31. The van der Waals surface area contributed by atoms with E-state index in [-0.39, 0.29) is 11.8 Å². The first kappa shape index (κ1) is 14.2. The molecular weight excluding hydrogens is 334 g/mol. The molecule has 0 saturated carbocycles.